The zero-order valence-corrected chi connectivity index (χ0v) is 10.5. The Balaban J connectivity index is 1.80. The standard InChI is InChI=1S/C15H19NO2/c1-12(16-11-14-8-5-9-18-14)15(17)10-13-6-3-2-4-7-13/h2-9,12,15-17H,10-11H2,1H3. The summed E-state index contributed by atoms with van der Waals surface area (Å²) >= 11 is 0. The van der Waals surface area contributed by atoms with E-state index in [9.17, 15) is 5.11 Å². The Morgan fingerprint density at radius 3 is 2.61 bits per heavy atom. The van der Waals surface area contributed by atoms with Crippen LogP contribution in [0, 0.1) is 0 Å². The van der Waals surface area contributed by atoms with E-state index in [4.69, 9.17) is 4.42 Å². The molecule has 2 aromatic rings. The van der Waals surface area contributed by atoms with E-state index in [1.165, 1.54) is 0 Å². The maximum absolute atomic E-state index is 10.1. The minimum atomic E-state index is -0.401. The minimum Gasteiger partial charge on any atom is -0.468 e. The summed E-state index contributed by atoms with van der Waals surface area (Å²) in [5, 5.41) is 13.4. The second kappa shape index (κ2) is 6.38. The Morgan fingerprint density at radius 2 is 1.94 bits per heavy atom. The molecule has 96 valence electrons. The van der Waals surface area contributed by atoms with Gasteiger partial charge in [-0.05, 0) is 31.0 Å². The lowest BCUT2D eigenvalue weighted by atomic mass is 10.0. The molecular weight excluding hydrogens is 226 g/mol. The molecule has 0 bridgehead atoms. The maximum atomic E-state index is 10.1. The van der Waals surface area contributed by atoms with Crippen LogP contribution in [0.2, 0.25) is 0 Å². The number of rotatable bonds is 6. The molecule has 0 aliphatic heterocycles. The molecule has 1 aromatic heterocycles. The summed E-state index contributed by atoms with van der Waals surface area (Å²) in [5.74, 6) is 0.883. The third kappa shape index (κ3) is 3.72. The monoisotopic (exact) mass is 245 g/mol. The van der Waals surface area contributed by atoms with E-state index in [0.29, 0.717) is 13.0 Å². The van der Waals surface area contributed by atoms with Crippen molar-refractivity contribution in [3.8, 4) is 0 Å². The summed E-state index contributed by atoms with van der Waals surface area (Å²) in [6, 6.07) is 13.8. The number of furan rings is 1. The fraction of sp³-hybridized carbons (Fsp3) is 0.333. The maximum Gasteiger partial charge on any atom is 0.117 e. The average molecular weight is 245 g/mol. The van der Waals surface area contributed by atoms with Gasteiger partial charge in [-0.1, -0.05) is 30.3 Å². The lowest BCUT2D eigenvalue weighted by Gasteiger charge is -2.19. The quantitative estimate of drug-likeness (QED) is 0.821. The summed E-state index contributed by atoms with van der Waals surface area (Å²) in [6.45, 7) is 2.62. The first-order valence-corrected chi connectivity index (χ1v) is 6.23. The van der Waals surface area contributed by atoms with Crippen LogP contribution < -0.4 is 5.32 Å². The van der Waals surface area contributed by atoms with Crippen LogP contribution in [0.3, 0.4) is 0 Å². The van der Waals surface area contributed by atoms with Crippen molar-refractivity contribution in [3.63, 3.8) is 0 Å². The van der Waals surface area contributed by atoms with Crippen molar-refractivity contribution < 1.29 is 9.52 Å². The minimum absolute atomic E-state index is 0.0234. The van der Waals surface area contributed by atoms with Gasteiger partial charge in [0.05, 0.1) is 18.9 Å². The summed E-state index contributed by atoms with van der Waals surface area (Å²) < 4.78 is 5.24. The van der Waals surface area contributed by atoms with Crippen LogP contribution in [0.25, 0.3) is 0 Å². The molecule has 0 aliphatic rings. The van der Waals surface area contributed by atoms with Crippen molar-refractivity contribution in [2.24, 2.45) is 0 Å². The van der Waals surface area contributed by atoms with E-state index >= 15 is 0 Å². The van der Waals surface area contributed by atoms with Gasteiger partial charge in [0, 0.05) is 6.04 Å². The molecule has 1 aromatic carbocycles. The van der Waals surface area contributed by atoms with Gasteiger partial charge in [-0.2, -0.15) is 0 Å². The molecule has 2 rings (SSSR count). The second-order valence-corrected chi connectivity index (χ2v) is 4.51. The summed E-state index contributed by atoms with van der Waals surface area (Å²) in [4.78, 5) is 0. The van der Waals surface area contributed by atoms with Gasteiger partial charge in [-0.15, -0.1) is 0 Å². The van der Waals surface area contributed by atoms with Crippen molar-refractivity contribution in [1.82, 2.24) is 5.32 Å². The molecule has 0 fully saturated rings. The van der Waals surface area contributed by atoms with Gasteiger partial charge in [-0.3, -0.25) is 0 Å². The molecule has 3 nitrogen and oxygen atoms in total. The fourth-order valence-electron chi connectivity index (χ4n) is 1.84. The van der Waals surface area contributed by atoms with Crippen LogP contribution in [0.1, 0.15) is 18.2 Å². The first kappa shape index (κ1) is 12.9. The van der Waals surface area contributed by atoms with Crippen molar-refractivity contribution in [2.45, 2.75) is 32.0 Å². The summed E-state index contributed by atoms with van der Waals surface area (Å²) in [7, 11) is 0. The van der Waals surface area contributed by atoms with Gasteiger partial charge >= 0.3 is 0 Å². The Labute approximate surface area is 107 Å². The van der Waals surface area contributed by atoms with Gasteiger partial charge in [0.1, 0.15) is 5.76 Å². The largest absolute Gasteiger partial charge is 0.468 e. The molecule has 0 spiro atoms. The molecule has 0 amide bonds. The highest BCUT2D eigenvalue weighted by atomic mass is 16.3. The van der Waals surface area contributed by atoms with Crippen LogP contribution in [0.4, 0.5) is 0 Å². The van der Waals surface area contributed by atoms with Gasteiger partial charge < -0.3 is 14.8 Å². The summed E-state index contributed by atoms with van der Waals surface area (Å²) in [5.41, 5.74) is 1.15. The number of nitrogens with one attached hydrogen (secondary N) is 1. The van der Waals surface area contributed by atoms with E-state index in [1.807, 2.05) is 49.4 Å². The fourth-order valence-corrected chi connectivity index (χ4v) is 1.84. The topological polar surface area (TPSA) is 45.4 Å². The zero-order valence-electron chi connectivity index (χ0n) is 10.5. The van der Waals surface area contributed by atoms with E-state index in [0.717, 1.165) is 11.3 Å². The number of hydrogen-bond acceptors (Lipinski definition) is 3. The van der Waals surface area contributed by atoms with E-state index in [2.05, 4.69) is 5.32 Å². The summed E-state index contributed by atoms with van der Waals surface area (Å²) in [6.07, 6.45) is 1.91. The molecule has 18 heavy (non-hydrogen) atoms. The normalized spacial score (nSPS) is 14.3. The molecule has 0 aliphatic carbocycles. The first-order valence-electron chi connectivity index (χ1n) is 6.23. The van der Waals surface area contributed by atoms with Crippen LogP contribution in [0.15, 0.2) is 53.1 Å². The molecule has 1 heterocycles. The van der Waals surface area contributed by atoms with Crippen molar-refractivity contribution >= 4 is 0 Å². The Kier molecular flexibility index (Phi) is 4.56. The first-order chi connectivity index (χ1) is 8.75. The van der Waals surface area contributed by atoms with Crippen LogP contribution in [0.5, 0.6) is 0 Å². The third-order valence-corrected chi connectivity index (χ3v) is 3.04. The average Bonchev–Trinajstić information content (AvgIpc) is 2.90. The SMILES string of the molecule is CC(NCc1ccco1)C(O)Cc1ccccc1. The molecule has 3 heteroatoms. The molecular formula is C15H19NO2. The number of aliphatic hydroxyl groups is 1. The van der Waals surface area contributed by atoms with Gasteiger partial charge in [0.15, 0.2) is 0 Å². The molecule has 2 N–H and O–H groups in total. The zero-order chi connectivity index (χ0) is 12.8. The van der Waals surface area contributed by atoms with Crippen LogP contribution in [-0.2, 0) is 13.0 Å². The number of aliphatic hydroxyl groups excluding tert-OH is 1. The lowest BCUT2D eigenvalue weighted by molar-refractivity contribution is 0.133. The molecule has 2 unspecified atom stereocenters. The van der Waals surface area contributed by atoms with E-state index in [1.54, 1.807) is 6.26 Å². The molecule has 0 saturated carbocycles. The van der Waals surface area contributed by atoms with Gasteiger partial charge in [0.25, 0.3) is 0 Å². The molecule has 2 atom stereocenters. The Bertz CT molecular complexity index is 439. The lowest BCUT2D eigenvalue weighted by Crippen LogP contribution is -2.38. The van der Waals surface area contributed by atoms with Crippen LogP contribution in [-0.4, -0.2) is 17.3 Å². The highest BCUT2D eigenvalue weighted by molar-refractivity contribution is 5.15. The Hall–Kier alpha value is -1.58. The van der Waals surface area contributed by atoms with Crippen molar-refractivity contribution in [2.75, 3.05) is 0 Å². The van der Waals surface area contributed by atoms with E-state index in [-0.39, 0.29) is 6.04 Å². The van der Waals surface area contributed by atoms with Crippen molar-refractivity contribution in [1.29, 1.82) is 0 Å². The molecule has 0 saturated heterocycles. The third-order valence-electron chi connectivity index (χ3n) is 3.04. The number of hydrogen-bond donors (Lipinski definition) is 2. The highest BCUT2D eigenvalue weighted by Gasteiger charge is 2.14. The second-order valence-electron chi connectivity index (χ2n) is 4.51. The molecule has 0 radical (unpaired) electrons. The van der Waals surface area contributed by atoms with Crippen molar-refractivity contribution in [3.05, 3.63) is 60.1 Å². The Morgan fingerprint density at radius 1 is 1.17 bits per heavy atom. The highest BCUT2D eigenvalue weighted by Crippen LogP contribution is 2.07. The predicted octanol–water partition coefficient (Wildman–Crippen LogP) is 2.36. The number of benzene rings is 1. The predicted molar refractivity (Wildman–Crippen MR) is 71.2 cm³/mol. The van der Waals surface area contributed by atoms with Crippen LogP contribution >= 0.6 is 0 Å². The smallest absolute Gasteiger partial charge is 0.117 e. The van der Waals surface area contributed by atoms with E-state index < -0.39 is 6.10 Å². The van der Waals surface area contributed by atoms with Gasteiger partial charge in [0.2, 0.25) is 0 Å². The van der Waals surface area contributed by atoms with Gasteiger partial charge in [-0.25, -0.2) is 0 Å².